The number of hydrogen-bond acceptors (Lipinski definition) is 5. The fraction of sp³-hybridized carbons (Fsp3) is 0.308. The van der Waals surface area contributed by atoms with E-state index < -0.39 is 11.6 Å². The Morgan fingerprint density at radius 2 is 1.90 bits per heavy atom. The normalized spacial score (nSPS) is 10.3. The highest BCUT2D eigenvalue weighted by molar-refractivity contribution is 5.47. The first-order chi connectivity index (χ1) is 9.70. The van der Waals surface area contributed by atoms with Crippen molar-refractivity contribution in [3.8, 4) is 0 Å². The largest absolute Gasteiger partial charge is 0.368 e. The average Bonchev–Trinajstić information content (AvgIpc) is 2.46. The van der Waals surface area contributed by atoms with Crippen LogP contribution in [0.15, 0.2) is 24.7 Å². The SMILES string of the molecule is CCCNc1nc(NCc2ccncn2)c(F)cc1F. The highest BCUT2D eigenvalue weighted by atomic mass is 19.1. The lowest BCUT2D eigenvalue weighted by Crippen LogP contribution is -2.10. The van der Waals surface area contributed by atoms with Gasteiger partial charge < -0.3 is 10.6 Å². The van der Waals surface area contributed by atoms with Crippen LogP contribution in [0, 0.1) is 11.6 Å². The smallest absolute Gasteiger partial charge is 0.168 e. The first kappa shape index (κ1) is 14.1. The molecule has 2 aromatic heterocycles. The molecule has 2 aromatic rings. The summed E-state index contributed by atoms with van der Waals surface area (Å²) >= 11 is 0. The monoisotopic (exact) mass is 279 g/mol. The lowest BCUT2D eigenvalue weighted by Gasteiger charge is -2.10. The summed E-state index contributed by atoms with van der Waals surface area (Å²) in [7, 11) is 0. The summed E-state index contributed by atoms with van der Waals surface area (Å²) in [6, 6.07) is 2.51. The Kier molecular flexibility index (Phi) is 4.75. The van der Waals surface area contributed by atoms with E-state index in [1.807, 2.05) is 6.92 Å². The van der Waals surface area contributed by atoms with Crippen molar-refractivity contribution in [2.45, 2.75) is 19.9 Å². The van der Waals surface area contributed by atoms with Crippen LogP contribution in [0.4, 0.5) is 20.4 Å². The van der Waals surface area contributed by atoms with Crippen LogP contribution in [-0.2, 0) is 6.54 Å². The predicted molar refractivity (Wildman–Crippen MR) is 72.3 cm³/mol. The first-order valence-electron chi connectivity index (χ1n) is 6.29. The van der Waals surface area contributed by atoms with Crippen molar-refractivity contribution in [2.75, 3.05) is 17.2 Å². The van der Waals surface area contributed by atoms with E-state index >= 15 is 0 Å². The van der Waals surface area contributed by atoms with Crippen LogP contribution in [-0.4, -0.2) is 21.5 Å². The highest BCUT2D eigenvalue weighted by Gasteiger charge is 2.11. The molecule has 106 valence electrons. The quantitative estimate of drug-likeness (QED) is 0.851. The number of halogens is 2. The van der Waals surface area contributed by atoms with Gasteiger partial charge in [-0.15, -0.1) is 0 Å². The average molecular weight is 279 g/mol. The van der Waals surface area contributed by atoms with E-state index in [2.05, 4.69) is 25.6 Å². The van der Waals surface area contributed by atoms with E-state index in [1.165, 1.54) is 6.33 Å². The highest BCUT2D eigenvalue weighted by Crippen LogP contribution is 2.19. The topological polar surface area (TPSA) is 62.7 Å². The molecule has 0 fully saturated rings. The van der Waals surface area contributed by atoms with E-state index in [9.17, 15) is 8.78 Å². The van der Waals surface area contributed by atoms with E-state index in [4.69, 9.17) is 0 Å². The number of rotatable bonds is 6. The summed E-state index contributed by atoms with van der Waals surface area (Å²) < 4.78 is 27.1. The van der Waals surface area contributed by atoms with Crippen molar-refractivity contribution in [2.24, 2.45) is 0 Å². The third-order valence-electron chi connectivity index (χ3n) is 2.55. The van der Waals surface area contributed by atoms with Gasteiger partial charge in [0.2, 0.25) is 0 Å². The summed E-state index contributed by atoms with van der Waals surface area (Å²) in [5.41, 5.74) is 0.689. The molecule has 0 spiro atoms. The van der Waals surface area contributed by atoms with Gasteiger partial charge in [-0.3, -0.25) is 0 Å². The van der Waals surface area contributed by atoms with Crippen molar-refractivity contribution in [1.29, 1.82) is 0 Å². The molecule has 0 aromatic carbocycles. The molecule has 0 saturated heterocycles. The van der Waals surface area contributed by atoms with Crippen molar-refractivity contribution in [1.82, 2.24) is 15.0 Å². The Morgan fingerprint density at radius 1 is 1.15 bits per heavy atom. The number of hydrogen-bond donors (Lipinski definition) is 2. The zero-order valence-corrected chi connectivity index (χ0v) is 11.0. The van der Waals surface area contributed by atoms with Gasteiger partial charge in [0.15, 0.2) is 23.3 Å². The summed E-state index contributed by atoms with van der Waals surface area (Å²) in [6.45, 7) is 2.80. The fourth-order valence-corrected chi connectivity index (χ4v) is 1.55. The molecule has 0 amide bonds. The maximum Gasteiger partial charge on any atom is 0.168 e. The summed E-state index contributed by atoms with van der Waals surface area (Å²) in [5, 5.41) is 5.60. The van der Waals surface area contributed by atoms with Crippen molar-refractivity contribution < 1.29 is 8.78 Å². The second kappa shape index (κ2) is 6.74. The molecule has 0 atom stereocenters. The van der Waals surface area contributed by atoms with Gasteiger partial charge in [0.25, 0.3) is 0 Å². The molecular weight excluding hydrogens is 264 g/mol. The van der Waals surface area contributed by atoms with Crippen LogP contribution in [0.2, 0.25) is 0 Å². The standard InChI is InChI=1S/C13H15F2N5/c1-2-4-17-12-10(14)6-11(15)13(20-12)18-7-9-3-5-16-8-19-9/h3,5-6,8H,2,4,7H2,1H3,(H2,17,18,20). The number of aromatic nitrogens is 3. The minimum atomic E-state index is -0.737. The molecule has 0 radical (unpaired) electrons. The van der Waals surface area contributed by atoms with Gasteiger partial charge in [0, 0.05) is 18.8 Å². The van der Waals surface area contributed by atoms with Gasteiger partial charge in [-0.05, 0) is 12.5 Å². The van der Waals surface area contributed by atoms with Gasteiger partial charge in [-0.25, -0.2) is 23.7 Å². The Morgan fingerprint density at radius 3 is 2.55 bits per heavy atom. The minimum absolute atomic E-state index is 0.0105. The van der Waals surface area contributed by atoms with E-state index in [0.29, 0.717) is 12.2 Å². The third-order valence-corrected chi connectivity index (χ3v) is 2.55. The Bertz CT molecular complexity index is 562. The van der Waals surface area contributed by atoms with Crippen LogP contribution in [0.5, 0.6) is 0 Å². The van der Waals surface area contributed by atoms with E-state index in [1.54, 1.807) is 12.3 Å². The zero-order chi connectivity index (χ0) is 14.4. The van der Waals surface area contributed by atoms with Crippen molar-refractivity contribution >= 4 is 11.6 Å². The fourth-order valence-electron chi connectivity index (χ4n) is 1.55. The summed E-state index contributed by atoms with van der Waals surface area (Å²) in [5.74, 6) is -1.41. The molecule has 20 heavy (non-hydrogen) atoms. The molecule has 0 aliphatic rings. The lowest BCUT2D eigenvalue weighted by molar-refractivity contribution is 0.577. The third kappa shape index (κ3) is 3.59. The molecule has 0 saturated carbocycles. The van der Waals surface area contributed by atoms with Crippen LogP contribution >= 0.6 is 0 Å². The van der Waals surface area contributed by atoms with Crippen LogP contribution < -0.4 is 10.6 Å². The Hall–Kier alpha value is -2.31. The van der Waals surface area contributed by atoms with Crippen molar-refractivity contribution in [3.05, 3.63) is 42.0 Å². The van der Waals surface area contributed by atoms with Gasteiger partial charge in [-0.1, -0.05) is 6.92 Å². The number of pyridine rings is 1. The first-order valence-corrected chi connectivity index (χ1v) is 6.29. The number of anilines is 2. The summed E-state index contributed by atoms with van der Waals surface area (Å²) in [4.78, 5) is 11.7. The second-order valence-electron chi connectivity index (χ2n) is 4.13. The lowest BCUT2D eigenvalue weighted by atomic mass is 10.3. The maximum absolute atomic E-state index is 13.6. The molecule has 0 bridgehead atoms. The van der Waals surface area contributed by atoms with Gasteiger partial charge >= 0.3 is 0 Å². The zero-order valence-electron chi connectivity index (χ0n) is 11.0. The molecule has 0 unspecified atom stereocenters. The molecular formula is C13H15F2N5. The molecule has 2 N–H and O–H groups in total. The van der Waals surface area contributed by atoms with Crippen molar-refractivity contribution in [3.63, 3.8) is 0 Å². The Labute approximate surface area is 115 Å². The van der Waals surface area contributed by atoms with Gasteiger partial charge in [0.05, 0.1) is 12.2 Å². The minimum Gasteiger partial charge on any atom is -0.368 e. The van der Waals surface area contributed by atoms with Crippen LogP contribution in [0.25, 0.3) is 0 Å². The van der Waals surface area contributed by atoms with E-state index in [-0.39, 0.29) is 18.2 Å². The molecule has 5 nitrogen and oxygen atoms in total. The molecule has 0 aliphatic carbocycles. The van der Waals surface area contributed by atoms with Crippen LogP contribution in [0.3, 0.4) is 0 Å². The molecule has 7 heteroatoms. The molecule has 2 rings (SSSR count). The predicted octanol–water partition coefficient (Wildman–Crippen LogP) is 2.58. The van der Waals surface area contributed by atoms with Crippen LogP contribution in [0.1, 0.15) is 19.0 Å². The van der Waals surface area contributed by atoms with Gasteiger partial charge in [0.1, 0.15) is 6.33 Å². The Balaban J connectivity index is 2.10. The second-order valence-corrected chi connectivity index (χ2v) is 4.13. The number of nitrogens with zero attached hydrogens (tertiary/aromatic N) is 3. The van der Waals surface area contributed by atoms with Gasteiger partial charge in [-0.2, -0.15) is 0 Å². The number of nitrogens with one attached hydrogen (secondary N) is 2. The summed E-state index contributed by atoms with van der Waals surface area (Å²) in [6.07, 6.45) is 3.81. The molecule has 0 aliphatic heterocycles. The van der Waals surface area contributed by atoms with E-state index in [0.717, 1.165) is 12.5 Å². The maximum atomic E-state index is 13.6. The molecule has 2 heterocycles.